The molecule has 0 bridgehead atoms. The molecule has 2 rings (SSSR count). The molecule has 1 saturated carbocycles. The van der Waals surface area contributed by atoms with Crippen molar-refractivity contribution in [2.24, 2.45) is 22.7 Å². The molecule has 0 aromatic heterocycles. The lowest BCUT2D eigenvalue weighted by Gasteiger charge is -2.24. The molecular formula is C14H28IN3O. The molecule has 0 aromatic rings. The van der Waals surface area contributed by atoms with Crippen LogP contribution in [0.15, 0.2) is 4.99 Å². The molecule has 0 radical (unpaired) electrons. The van der Waals surface area contributed by atoms with Crippen LogP contribution in [0.5, 0.6) is 0 Å². The van der Waals surface area contributed by atoms with Crippen molar-refractivity contribution in [3.8, 4) is 0 Å². The number of rotatable bonds is 5. The van der Waals surface area contributed by atoms with Crippen molar-refractivity contribution in [1.82, 2.24) is 10.2 Å². The fourth-order valence-electron chi connectivity index (χ4n) is 2.53. The van der Waals surface area contributed by atoms with E-state index in [0.717, 1.165) is 50.6 Å². The summed E-state index contributed by atoms with van der Waals surface area (Å²) in [7, 11) is 2.14. The minimum atomic E-state index is 0. The average molecular weight is 381 g/mol. The van der Waals surface area contributed by atoms with Crippen LogP contribution in [-0.4, -0.2) is 50.8 Å². The highest BCUT2D eigenvalue weighted by atomic mass is 127. The zero-order valence-electron chi connectivity index (χ0n) is 12.4. The first-order valence-electron chi connectivity index (χ1n) is 7.28. The quantitative estimate of drug-likeness (QED) is 0.451. The molecule has 1 heterocycles. The molecule has 3 unspecified atom stereocenters. The highest BCUT2D eigenvalue weighted by molar-refractivity contribution is 14.0. The first kappa shape index (κ1) is 17.0. The number of halogens is 1. The minimum Gasteiger partial charge on any atom is -0.381 e. The SMILES string of the molecule is CCNC(=NCC1CC1C)N(C)CC1CCOC1.I. The maximum atomic E-state index is 5.43. The largest absolute Gasteiger partial charge is 0.381 e. The van der Waals surface area contributed by atoms with Gasteiger partial charge in [0.2, 0.25) is 0 Å². The Labute approximate surface area is 134 Å². The van der Waals surface area contributed by atoms with E-state index in [2.05, 4.69) is 31.1 Å². The molecule has 1 aliphatic carbocycles. The van der Waals surface area contributed by atoms with Crippen molar-refractivity contribution in [2.75, 3.05) is 39.9 Å². The zero-order valence-corrected chi connectivity index (χ0v) is 14.7. The van der Waals surface area contributed by atoms with E-state index in [0.29, 0.717) is 5.92 Å². The van der Waals surface area contributed by atoms with Gasteiger partial charge in [-0.25, -0.2) is 0 Å². The van der Waals surface area contributed by atoms with Crippen LogP contribution < -0.4 is 5.32 Å². The van der Waals surface area contributed by atoms with Crippen LogP contribution in [0.2, 0.25) is 0 Å². The van der Waals surface area contributed by atoms with Gasteiger partial charge in [0.1, 0.15) is 0 Å². The summed E-state index contributed by atoms with van der Waals surface area (Å²) in [4.78, 5) is 7.02. The van der Waals surface area contributed by atoms with Gasteiger partial charge in [0.25, 0.3) is 0 Å². The number of guanidine groups is 1. The van der Waals surface area contributed by atoms with E-state index in [4.69, 9.17) is 9.73 Å². The smallest absolute Gasteiger partial charge is 0.193 e. The summed E-state index contributed by atoms with van der Waals surface area (Å²) in [5, 5.41) is 3.39. The Balaban J connectivity index is 0.00000180. The molecule has 1 aliphatic heterocycles. The molecule has 112 valence electrons. The molecule has 0 spiro atoms. The second-order valence-electron chi connectivity index (χ2n) is 5.78. The van der Waals surface area contributed by atoms with Gasteiger partial charge in [0, 0.05) is 39.2 Å². The lowest BCUT2D eigenvalue weighted by atomic mass is 10.1. The van der Waals surface area contributed by atoms with Crippen LogP contribution in [0.1, 0.15) is 26.7 Å². The summed E-state index contributed by atoms with van der Waals surface area (Å²) >= 11 is 0. The Bertz CT molecular complexity index is 292. The maximum Gasteiger partial charge on any atom is 0.193 e. The summed E-state index contributed by atoms with van der Waals surface area (Å²) in [5.74, 6) is 3.43. The lowest BCUT2D eigenvalue weighted by molar-refractivity contribution is 0.181. The Kier molecular flexibility index (Phi) is 7.42. The van der Waals surface area contributed by atoms with Crippen molar-refractivity contribution in [2.45, 2.75) is 26.7 Å². The predicted octanol–water partition coefficient (Wildman–Crippen LogP) is 2.19. The average Bonchev–Trinajstić information content (AvgIpc) is 2.83. The van der Waals surface area contributed by atoms with Gasteiger partial charge < -0.3 is 15.0 Å². The van der Waals surface area contributed by atoms with Gasteiger partial charge in [-0.1, -0.05) is 6.92 Å². The van der Waals surface area contributed by atoms with Crippen molar-refractivity contribution in [1.29, 1.82) is 0 Å². The van der Waals surface area contributed by atoms with Crippen molar-refractivity contribution >= 4 is 29.9 Å². The van der Waals surface area contributed by atoms with E-state index in [1.54, 1.807) is 0 Å². The fraction of sp³-hybridized carbons (Fsp3) is 0.929. The van der Waals surface area contributed by atoms with E-state index >= 15 is 0 Å². The fourth-order valence-corrected chi connectivity index (χ4v) is 2.53. The molecule has 0 aromatic carbocycles. The van der Waals surface area contributed by atoms with Crippen LogP contribution >= 0.6 is 24.0 Å². The van der Waals surface area contributed by atoms with Crippen LogP contribution in [0, 0.1) is 17.8 Å². The third kappa shape index (κ3) is 5.45. The Morgan fingerprint density at radius 2 is 2.21 bits per heavy atom. The summed E-state index contributed by atoms with van der Waals surface area (Å²) in [6.07, 6.45) is 2.53. The molecule has 3 atom stereocenters. The minimum absolute atomic E-state index is 0. The van der Waals surface area contributed by atoms with E-state index in [9.17, 15) is 0 Å². The van der Waals surface area contributed by atoms with Gasteiger partial charge >= 0.3 is 0 Å². The van der Waals surface area contributed by atoms with Crippen LogP contribution in [0.4, 0.5) is 0 Å². The Morgan fingerprint density at radius 3 is 2.74 bits per heavy atom. The van der Waals surface area contributed by atoms with Gasteiger partial charge in [-0.2, -0.15) is 0 Å². The number of ether oxygens (including phenoxy) is 1. The maximum absolute atomic E-state index is 5.43. The van der Waals surface area contributed by atoms with E-state index in [1.165, 1.54) is 12.8 Å². The number of hydrogen-bond donors (Lipinski definition) is 1. The van der Waals surface area contributed by atoms with Crippen molar-refractivity contribution in [3.63, 3.8) is 0 Å². The summed E-state index contributed by atoms with van der Waals surface area (Å²) in [5.41, 5.74) is 0. The zero-order chi connectivity index (χ0) is 13.0. The summed E-state index contributed by atoms with van der Waals surface area (Å²) in [6, 6.07) is 0. The topological polar surface area (TPSA) is 36.9 Å². The van der Waals surface area contributed by atoms with E-state index in [-0.39, 0.29) is 24.0 Å². The van der Waals surface area contributed by atoms with Crippen LogP contribution in [0.25, 0.3) is 0 Å². The first-order valence-corrected chi connectivity index (χ1v) is 7.28. The molecule has 4 nitrogen and oxygen atoms in total. The lowest BCUT2D eigenvalue weighted by Crippen LogP contribution is -2.41. The Hall–Kier alpha value is -0.0400. The number of nitrogens with zero attached hydrogens (tertiary/aromatic N) is 2. The number of nitrogens with one attached hydrogen (secondary N) is 1. The van der Waals surface area contributed by atoms with Crippen molar-refractivity contribution < 1.29 is 4.74 Å². The normalized spacial score (nSPS) is 29.8. The van der Waals surface area contributed by atoms with Crippen LogP contribution in [-0.2, 0) is 4.74 Å². The summed E-state index contributed by atoms with van der Waals surface area (Å²) < 4.78 is 5.43. The number of aliphatic imine (C=N–C) groups is 1. The van der Waals surface area contributed by atoms with Crippen LogP contribution in [0.3, 0.4) is 0 Å². The Morgan fingerprint density at radius 1 is 1.47 bits per heavy atom. The summed E-state index contributed by atoms with van der Waals surface area (Å²) in [6.45, 7) is 9.23. The molecule has 19 heavy (non-hydrogen) atoms. The predicted molar refractivity (Wildman–Crippen MR) is 90.2 cm³/mol. The van der Waals surface area contributed by atoms with E-state index in [1.807, 2.05) is 0 Å². The van der Waals surface area contributed by atoms with Gasteiger partial charge in [0.15, 0.2) is 5.96 Å². The second kappa shape index (κ2) is 8.29. The van der Waals surface area contributed by atoms with Gasteiger partial charge in [-0.3, -0.25) is 4.99 Å². The molecule has 2 aliphatic rings. The highest BCUT2D eigenvalue weighted by Gasteiger charge is 2.32. The highest BCUT2D eigenvalue weighted by Crippen LogP contribution is 2.37. The molecule has 0 amide bonds. The molecule has 1 saturated heterocycles. The second-order valence-corrected chi connectivity index (χ2v) is 5.78. The monoisotopic (exact) mass is 381 g/mol. The van der Waals surface area contributed by atoms with E-state index < -0.39 is 0 Å². The van der Waals surface area contributed by atoms with Gasteiger partial charge in [-0.15, -0.1) is 24.0 Å². The molecule has 5 heteroatoms. The molecule has 1 N–H and O–H groups in total. The molecule has 2 fully saturated rings. The molecular weight excluding hydrogens is 353 g/mol. The van der Waals surface area contributed by atoms with Crippen molar-refractivity contribution in [3.05, 3.63) is 0 Å². The number of hydrogen-bond acceptors (Lipinski definition) is 2. The third-order valence-corrected chi connectivity index (χ3v) is 4.00. The third-order valence-electron chi connectivity index (χ3n) is 4.00. The first-order chi connectivity index (χ1) is 8.70. The standard InChI is InChI=1S/C14H27N3O.HI/c1-4-15-14(16-8-13-7-11(13)2)17(3)9-12-5-6-18-10-12;/h11-13H,4-10H2,1-3H3,(H,15,16);1H. The van der Waals surface area contributed by atoms with Gasteiger partial charge in [-0.05, 0) is 31.6 Å². The van der Waals surface area contributed by atoms with Gasteiger partial charge in [0.05, 0.1) is 6.61 Å².